The van der Waals surface area contributed by atoms with Crippen molar-refractivity contribution in [1.29, 1.82) is 0 Å². The maximum Gasteiger partial charge on any atom is 0.236 e. The molecule has 1 aliphatic rings. The quantitative estimate of drug-likeness (QED) is 0.722. The summed E-state index contributed by atoms with van der Waals surface area (Å²) in [4.78, 5) is 10.5. The SMILES string of the molecule is CC(C)(C)N1OC(C(Br)Br)=NC1c1ccccc1. The molecule has 98 valence electrons. The zero-order chi connectivity index (χ0) is 13.3. The van der Waals surface area contributed by atoms with E-state index in [1.807, 2.05) is 23.3 Å². The van der Waals surface area contributed by atoms with Crippen molar-refractivity contribution in [2.75, 3.05) is 0 Å². The highest BCUT2D eigenvalue weighted by Crippen LogP contribution is 2.36. The smallest absolute Gasteiger partial charge is 0.236 e. The largest absolute Gasteiger partial charge is 0.385 e. The molecule has 1 atom stereocenters. The van der Waals surface area contributed by atoms with Crippen molar-refractivity contribution >= 4 is 37.8 Å². The fourth-order valence-corrected chi connectivity index (χ4v) is 2.19. The summed E-state index contributed by atoms with van der Waals surface area (Å²) < 4.78 is -0.0661. The van der Waals surface area contributed by atoms with Crippen LogP contribution in [0.25, 0.3) is 0 Å². The minimum absolute atomic E-state index is 0.0661. The van der Waals surface area contributed by atoms with E-state index in [9.17, 15) is 0 Å². The van der Waals surface area contributed by atoms with E-state index in [0.717, 1.165) is 5.56 Å². The van der Waals surface area contributed by atoms with Gasteiger partial charge in [-0.2, -0.15) is 0 Å². The van der Waals surface area contributed by atoms with E-state index in [2.05, 4.69) is 69.8 Å². The number of hydrogen-bond donors (Lipinski definition) is 0. The summed E-state index contributed by atoms with van der Waals surface area (Å²) in [7, 11) is 0. The van der Waals surface area contributed by atoms with E-state index in [4.69, 9.17) is 4.84 Å². The van der Waals surface area contributed by atoms with Gasteiger partial charge in [0.2, 0.25) is 5.90 Å². The first-order chi connectivity index (χ1) is 8.39. The van der Waals surface area contributed by atoms with Crippen LogP contribution in [0.4, 0.5) is 0 Å². The van der Waals surface area contributed by atoms with Crippen molar-refractivity contribution in [3.05, 3.63) is 35.9 Å². The molecule has 0 aromatic heterocycles. The summed E-state index contributed by atoms with van der Waals surface area (Å²) in [6.07, 6.45) is -0.0983. The van der Waals surface area contributed by atoms with Crippen LogP contribution < -0.4 is 0 Å². The molecule has 2 rings (SSSR count). The van der Waals surface area contributed by atoms with Crippen molar-refractivity contribution in [3.63, 3.8) is 0 Å². The van der Waals surface area contributed by atoms with Gasteiger partial charge in [-0.05, 0) is 26.3 Å². The first kappa shape index (κ1) is 14.0. The van der Waals surface area contributed by atoms with E-state index in [-0.39, 0.29) is 15.4 Å². The van der Waals surface area contributed by atoms with Gasteiger partial charge < -0.3 is 4.84 Å². The molecule has 5 heteroatoms. The molecule has 0 aliphatic carbocycles. The Morgan fingerprint density at radius 2 is 1.83 bits per heavy atom. The van der Waals surface area contributed by atoms with Crippen molar-refractivity contribution in [2.24, 2.45) is 4.99 Å². The van der Waals surface area contributed by atoms with Crippen LogP contribution in [0.2, 0.25) is 0 Å². The van der Waals surface area contributed by atoms with Gasteiger partial charge in [0.05, 0.1) is 5.54 Å². The lowest BCUT2D eigenvalue weighted by Crippen LogP contribution is -2.41. The van der Waals surface area contributed by atoms with Crippen molar-refractivity contribution in [2.45, 2.75) is 36.2 Å². The van der Waals surface area contributed by atoms with Crippen LogP contribution in [-0.2, 0) is 4.84 Å². The maximum atomic E-state index is 5.84. The van der Waals surface area contributed by atoms with E-state index in [0.29, 0.717) is 5.90 Å². The van der Waals surface area contributed by atoms with Gasteiger partial charge in [-0.25, -0.2) is 4.99 Å². The average molecular weight is 376 g/mol. The highest BCUT2D eigenvalue weighted by molar-refractivity contribution is 9.25. The first-order valence-corrected chi connectivity index (χ1v) is 7.61. The molecule has 1 heterocycles. The Morgan fingerprint density at radius 3 is 2.33 bits per heavy atom. The Balaban J connectivity index is 2.34. The molecule has 0 fully saturated rings. The minimum atomic E-state index is -0.124. The number of nitrogens with zero attached hydrogens (tertiary/aromatic N) is 2. The molecule has 18 heavy (non-hydrogen) atoms. The van der Waals surface area contributed by atoms with Gasteiger partial charge in [-0.3, -0.25) is 0 Å². The molecule has 0 saturated heterocycles. The van der Waals surface area contributed by atoms with Crippen LogP contribution >= 0.6 is 31.9 Å². The van der Waals surface area contributed by atoms with Gasteiger partial charge in [-0.15, -0.1) is 5.06 Å². The zero-order valence-electron chi connectivity index (χ0n) is 10.6. The fraction of sp³-hybridized carbons (Fsp3) is 0.462. The van der Waals surface area contributed by atoms with Crippen LogP contribution in [0.15, 0.2) is 35.3 Å². The molecule has 0 N–H and O–H groups in total. The van der Waals surface area contributed by atoms with Gasteiger partial charge in [0.15, 0.2) is 6.17 Å². The predicted molar refractivity (Wildman–Crippen MR) is 80.9 cm³/mol. The minimum Gasteiger partial charge on any atom is -0.385 e. The summed E-state index contributed by atoms with van der Waals surface area (Å²) in [5, 5.41) is 1.92. The number of hydroxylamine groups is 2. The predicted octanol–water partition coefficient (Wildman–Crippen LogP) is 4.25. The standard InChI is InChI=1S/C13H16Br2N2O/c1-13(2,3)17-11(9-7-5-4-6-8-9)16-12(18-17)10(14)15/h4-8,10-11H,1-3H3. The molecule has 1 aliphatic heterocycles. The topological polar surface area (TPSA) is 24.8 Å². The zero-order valence-corrected chi connectivity index (χ0v) is 13.8. The van der Waals surface area contributed by atoms with Crippen LogP contribution in [0, 0.1) is 0 Å². The number of benzene rings is 1. The second kappa shape index (κ2) is 5.31. The Labute approximate surface area is 124 Å². The fourth-order valence-electron chi connectivity index (χ4n) is 1.78. The van der Waals surface area contributed by atoms with Crippen molar-refractivity contribution < 1.29 is 4.84 Å². The van der Waals surface area contributed by atoms with Crippen LogP contribution in [0.3, 0.4) is 0 Å². The average Bonchev–Trinajstić information content (AvgIpc) is 2.74. The molecule has 1 aromatic rings. The monoisotopic (exact) mass is 374 g/mol. The summed E-state index contributed by atoms with van der Waals surface area (Å²) in [6.45, 7) is 6.33. The maximum absolute atomic E-state index is 5.84. The molecule has 3 nitrogen and oxygen atoms in total. The summed E-state index contributed by atoms with van der Waals surface area (Å²) >= 11 is 6.86. The molecule has 0 amide bonds. The molecule has 1 aromatic carbocycles. The van der Waals surface area contributed by atoms with Gasteiger partial charge in [0.1, 0.15) is 3.74 Å². The molecule has 0 spiro atoms. The Kier molecular flexibility index (Phi) is 4.14. The van der Waals surface area contributed by atoms with Crippen molar-refractivity contribution in [3.8, 4) is 0 Å². The summed E-state index contributed by atoms with van der Waals surface area (Å²) in [5.41, 5.74) is 1.00. The molecular formula is C13H16Br2N2O. The highest BCUT2D eigenvalue weighted by Gasteiger charge is 2.39. The number of halogens is 2. The molecule has 1 unspecified atom stereocenters. The Morgan fingerprint density at radius 1 is 1.22 bits per heavy atom. The number of rotatable bonds is 2. The van der Waals surface area contributed by atoms with Gasteiger partial charge in [-0.1, -0.05) is 62.2 Å². The van der Waals surface area contributed by atoms with E-state index < -0.39 is 0 Å². The lowest BCUT2D eigenvalue weighted by Gasteiger charge is -2.33. The van der Waals surface area contributed by atoms with E-state index in [1.54, 1.807) is 0 Å². The van der Waals surface area contributed by atoms with E-state index in [1.165, 1.54) is 0 Å². The second-order valence-electron chi connectivity index (χ2n) is 5.14. The van der Waals surface area contributed by atoms with Gasteiger partial charge in [0.25, 0.3) is 0 Å². The van der Waals surface area contributed by atoms with Gasteiger partial charge >= 0.3 is 0 Å². The van der Waals surface area contributed by atoms with E-state index >= 15 is 0 Å². The third-order valence-corrected chi connectivity index (χ3v) is 3.39. The summed E-state index contributed by atoms with van der Waals surface area (Å²) in [6, 6.07) is 10.2. The molecular weight excluding hydrogens is 360 g/mol. The second-order valence-corrected chi connectivity index (χ2v) is 8.20. The molecule has 0 saturated carbocycles. The van der Waals surface area contributed by atoms with Crippen molar-refractivity contribution in [1.82, 2.24) is 5.06 Å². The third kappa shape index (κ3) is 2.95. The highest BCUT2D eigenvalue weighted by atomic mass is 79.9. The number of alkyl halides is 2. The lowest BCUT2D eigenvalue weighted by molar-refractivity contribution is -0.151. The van der Waals surface area contributed by atoms with Crippen LogP contribution in [-0.4, -0.2) is 20.2 Å². The Hall–Kier alpha value is -0.390. The normalized spacial score (nSPS) is 21.0. The Bertz CT molecular complexity index is 440. The summed E-state index contributed by atoms with van der Waals surface area (Å²) in [5.74, 6) is 0.652. The molecule has 0 radical (unpaired) electrons. The number of aliphatic imine (C=N–C) groups is 1. The molecule has 0 bridgehead atoms. The number of hydrogen-bond acceptors (Lipinski definition) is 3. The van der Waals surface area contributed by atoms with Crippen LogP contribution in [0.1, 0.15) is 32.5 Å². The van der Waals surface area contributed by atoms with Crippen LogP contribution in [0.5, 0.6) is 0 Å². The third-order valence-electron chi connectivity index (χ3n) is 2.61. The first-order valence-electron chi connectivity index (χ1n) is 5.77. The lowest BCUT2D eigenvalue weighted by atomic mass is 10.1. The van der Waals surface area contributed by atoms with Gasteiger partial charge in [0, 0.05) is 0 Å².